The molecule has 1 atom stereocenters. The molecule has 4 nitrogen and oxygen atoms in total. The zero-order chi connectivity index (χ0) is 25.6. The largest absolute Gasteiger partial charge is 0.478 e. The van der Waals surface area contributed by atoms with Crippen LogP contribution in [0.2, 0.25) is 0 Å². The third kappa shape index (κ3) is 8.58. The molecule has 0 radical (unpaired) electrons. The van der Waals surface area contributed by atoms with Gasteiger partial charge < -0.3 is 14.0 Å². The topological polar surface area (TPSA) is 40.5 Å². The van der Waals surface area contributed by atoms with E-state index >= 15 is 0 Å². The van der Waals surface area contributed by atoms with Gasteiger partial charge in [-0.15, -0.1) is 0 Å². The summed E-state index contributed by atoms with van der Waals surface area (Å²) in [7, 11) is 0. The highest BCUT2D eigenvalue weighted by atomic mass is 16.6. The molecule has 1 aromatic heterocycles. The lowest BCUT2D eigenvalue weighted by Gasteiger charge is -2.18. The molecular weight excluding hydrogens is 446 g/mol. The fourth-order valence-electron chi connectivity index (χ4n) is 4.63. The molecular formula is C32H43NO3. The number of esters is 1. The van der Waals surface area contributed by atoms with Gasteiger partial charge in [0, 0.05) is 24.4 Å². The van der Waals surface area contributed by atoms with Crippen molar-refractivity contribution in [3.05, 3.63) is 78.0 Å². The highest BCUT2D eigenvalue weighted by Crippen LogP contribution is 2.26. The molecule has 194 valence electrons. The second kappa shape index (κ2) is 15.2. The van der Waals surface area contributed by atoms with Crippen LogP contribution >= 0.6 is 0 Å². The normalized spacial score (nSPS) is 11.9. The summed E-state index contributed by atoms with van der Waals surface area (Å²) in [6.07, 6.45) is 10.4. The molecule has 4 heteroatoms. The second-order valence-electron chi connectivity index (χ2n) is 9.56. The number of benzene rings is 2. The molecule has 3 aromatic rings. The summed E-state index contributed by atoms with van der Waals surface area (Å²) in [5.41, 5.74) is 4.72. The lowest BCUT2D eigenvalue weighted by molar-refractivity contribution is -0.151. The van der Waals surface area contributed by atoms with Crippen molar-refractivity contribution in [2.75, 3.05) is 6.61 Å². The van der Waals surface area contributed by atoms with E-state index in [1.54, 1.807) is 0 Å². The molecule has 0 aliphatic carbocycles. The number of ether oxygens (including phenoxy) is 2. The van der Waals surface area contributed by atoms with Crippen LogP contribution in [-0.2, 0) is 22.5 Å². The van der Waals surface area contributed by atoms with Crippen molar-refractivity contribution in [2.24, 2.45) is 0 Å². The van der Waals surface area contributed by atoms with E-state index in [1.165, 1.54) is 62.8 Å². The van der Waals surface area contributed by atoms with Gasteiger partial charge in [0.05, 0.1) is 6.61 Å². The highest BCUT2D eigenvalue weighted by molar-refractivity contribution is 5.75. The maximum atomic E-state index is 12.5. The second-order valence-corrected chi connectivity index (χ2v) is 9.56. The van der Waals surface area contributed by atoms with E-state index in [-0.39, 0.29) is 5.97 Å². The first-order valence-electron chi connectivity index (χ1n) is 13.8. The Bertz CT molecular complexity index is 1020. The Morgan fingerprint density at radius 2 is 1.47 bits per heavy atom. The minimum absolute atomic E-state index is 0.333. The number of aromatic nitrogens is 1. The van der Waals surface area contributed by atoms with Crippen LogP contribution in [0.25, 0.3) is 11.3 Å². The van der Waals surface area contributed by atoms with E-state index in [2.05, 4.69) is 42.7 Å². The van der Waals surface area contributed by atoms with Gasteiger partial charge in [-0.25, -0.2) is 4.79 Å². The van der Waals surface area contributed by atoms with Crippen LogP contribution in [-0.4, -0.2) is 23.2 Å². The Hall–Kier alpha value is -3.01. The minimum Gasteiger partial charge on any atom is -0.478 e. The van der Waals surface area contributed by atoms with Gasteiger partial charge >= 0.3 is 5.97 Å². The quantitative estimate of drug-likeness (QED) is 0.150. The Kier molecular flexibility index (Phi) is 11.6. The predicted octanol–water partition coefficient (Wildman–Crippen LogP) is 8.16. The zero-order valence-electron chi connectivity index (χ0n) is 22.4. The first-order valence-corrected chi connectivity index (χ1v) is 13.8. The molecule has 0 bridgehead atoms. The first-order chi connectivity index (χ1) is 17.6. The number of hydrogen-bond donors (Lipinski definition) is 0. The third-order valence-corrected chi connectivity index (χ3v) is 6.68. The molecule has 0 saturated carbocycles. The number of hydrogen-bond acceptors (Lipinski definition) is 3. The Morgan fingerprint density at radius 3 is 2.14 bits per heavy atom. The van der Waals surface area contributed by atoms with Crippen molar-refractivity contribution in [3.8, 4) is 17.0 Å². The smallest absolute Gasteiger partial charge is 0.347 e. The van der Waals surface area contributed by atoms with E-state index in [0.717, 1.165) is 17.7 Å². The van der Waals surface area contributed by atoms with Crippen LogP contribution in [0, 0.1) is 6.92 Å². The molecule has 0 unspecified atom stereocenters. The van der Waals surface area contributed by atoms with Crippen molar-refractivity contribution in [1.82, 2.24) is 4.57 Å². The van der Waals surface area contributed by atoms with Crippen molar-refractivity contribution >= 4 is 5.97 Å². The van der Waals surface area contributed by atoms with Gasteiger partial charge in [-0.05, 0) is 67.8 Å². The van der Waals surface area contributed by atoms with Crippen LogP contribution in [0.5, 0.6) is 5.75 Å². The monoisotopic (exact) mass is 489 g/mol. The molecule has 0 fully saturated rings. The minimum atomic E-state index is -0.675. The number of unbranched alkanes of at least 4 members (excludes halogenated alkanes) is 7. The third-order valence-electron chi connectivity index (χ3n) is 6.68. The van der Waals surface area contributed by atoms with Gasteiger partial charge in [-0.3, -0.25) is 0 Å². The van der Waals surface area contributed by atoms with E-state index in [0.29, 0.717) is 18.8 Å². The predicted molar refractivity (Wildman–Crippen MR) is 148 cm³/mol. The van der Waals surface area contributed by atoms with Gasteiger partial charge in [0.2, 0.25) is 0 Å². The molecule has 1 heterocycles. The molecule has 0 amide bonds. The van der Waals surface area contributed by atoms with Gasteiger partial charge in [0.25, 0.3) is 0 Å². The SMILES string of the molecule is CCCCCCCCCCn1c(C)ccc1-c1ccc(O[C@H](Cc2ccccc2)C(=O)OCC)cc1. The number of carbonyl (C=O) groups is 1. The Labute approximate surface area is 217 Å². The Balaban J connectivity index is 1.59. The van der Waals surface area contributed by atoms with E-state index < -0.39 is 6.10 Å². The van der Waals surface area contributed by atoms with Crippen LogP contribution in [0.1, 0.15) is 76.5 Å². The fourth-order valence-corrected chi connectivity index (χ4v) is 4.63. The van der Waals surface area contributed by atoms with Gasteiger partial charge in [-0.1, -0.05) is 82.2 Å². The lowest BCUT2D eigenvalue weighted by atomic mass is 10.1. The van der Waals surface area contributed by atoms with Crippen molar-refractivity contribution < 1.29 is 14.3 Å². The van der Waals surface area contributed by atoms with Gasteiger partial charge in [0.1, 0.15) is 5.75 Å². The van der Waals surface area contributed by atoms with Gasteiger partial charge in [0.15, 0.2) is 6.10 Å². The molecule has 0 N–H and O–H groups in total. The number of aryl methyl sites for hydroxylation is 1. The number of nitrogens with zero attached hydrogens (tertiary/aromatic N) is 1. The standard InChI is InChI=1S/C32H43NO3/c1-4-6-7-8-9-10-11-15-24-33-26(3)18-23-30(33)28-19-21-29(22-20-28)36-31(32(34)35-5-2)25-27-16-13-12-14-17-27/h12-14,16-23,31H,4-11,15,24-25H2,1-3H3/t31-/m1/s1. The van der Waals surface area contributed by atoms with Crippen molar-refractivity contribution in [2.45, 2.75) is 91.2 Å². The summed E-state index contributed by atoms with van der Waals surface area (Å²) in [6, 6.07) is 22.4. The summed E-state index contributed by atoms with van der Waals surface area (Å²) in [4.78, 5) is 12.5. The Morgan fingerprint density at radius 1 is 0.806 bits per heavy atom. The molecule has 36 heavy (non-hydrogen) atoms. The van der Waals surface area contributed by atoms with E-state index in [4.69, 9.17) is 9.47 Å². The van der Waals surface area contributed by atoms with Crippen LogP contribution in [0.15, 0.2) is 66.7 Å². The van der Waals surface area contributed by atoms with E-state index in [9.17, 15) is 4.79 Å². The number of rotatable bonds is 16. The molecule has 2 aromatic carbocycles. The molecule has 3 rings (SSSR count). The maximum Gasteiger partial charge on any atom is 0.347 e. The summed E-state index contributed by atoms with van der Waals surface area (Å²) < 4.78 is 13.8. The van der Waals surface area contributed by atoms with Crippen molar-refractivity contribution in [1.29, 1.82) is 0 Å². The molecule has 0 aliphatic heterocycles. The van der Waals surface area contributed by atoms with E-state index in [1.807, 2.05) is 49.4 Å². The summed E-state index contributed by atoms with van der Waals surface area (Å²) >= 11 is 0. The summed E-state index contributed by atoms with van der Waals surface area (Å²) in [5.74, 6) is 0.339. The number of carbonyl (C=O) groups excluding carboxylic acids is 1. The van der Waals surface area contributed by atoms with Crippen LogP contribution in [0.4, 0.5) is 0 Å². The highest BCUT2D eigenvalue weighted by Gasteiger charge is 2.22. The lowest BCUT2D eigenvalue weighted by Crippen LogP contribution is -2.31. The fraction of sp³-hybridized carbons (Fsp3) is 0.469. The molecule has 0 saturated heterocycles. The maximum absolute atomic E-state index is 12.5. The summed E-state index contributed by atoms with van der Waals surface area (Å²) in [5, 5.41) is 0. The van der Waals surface area contributed by atoms with Gasteiger partial charge in [-0.2, -0.15) is 0 Å². The molecule has 0 spiro atoms. The summed E-state index contributed by atoms with van der Waals surface area (Å²) in [6.45, 7) is 7.64. The average molecular weight is 490 g/mol. The van der Waals surface area contributed by atoms with Crippen molar-refractivity contribution in [3.63, 3.8) is 0 Å². The van der Waals surface area contributed by atoms with Crippen LogP contribution < -0.4 is 4.74 Å². The van der Waals surface area contributed by atoms with Crippen LogP contribution in [0.3, 0.4) is 0 Å². The molecule has 0 aliphatic rings. The zero-order valence-corrected chi connectivity index (χ0v) is 22.4. The first kappa shape index (κ1) is 27.6. The average Bonchev–Trinajstić information content (AvgIpc) is 3.26.